The molecule has 0 radical (unpaired) electrons. The molecule has 0 saturated carbocycles. The van der Waals surface area contributed by atoms with Crippen LogP contribution in [-0.4, -0.2) is 43.7 Å². The predicted molar refractivity (Wildman–Crippen MR) is 72.0 cm³/mol. The maximum Gasteiger partial charge on any atom is 0.322 e. The smallest absolute Gasteiger partial charge is 0.322 e. The van der Waals surface area contributed by atoms with Crippen molar-refractivity contribution >= 4 is 33.6 Å². The second-order valence-corrected chi connectivity index (χ2v) is 6.03. The van der Waals surface area contributed by atoms with Crippen LogP contribution in [0.3, 0.4) is 0 Å². The lowest BCUT2D eigenvalue weighted by atomic mass is 10.2. The fourth-order valence-corrected chi connectivity index (χ4v) is 2.96. The van der Waals surface area contributed by atoms with Gasteiger partial charge in [0.1, 0.15) is 11.8 Å². The molecule has 0 aliphatic carbocycles. The summed E-state index contributed by atoms with van der Waals surface area (Å²) in [7, 11) is -2.88. The number of rotatable bonds is 7. The van der Waals surface area contributed by atoms with Gasteiger partial charge in [-0.3, -0.25) is 9.59 Å². The van der Waals surface area contributed by atoms with Crippen molar-refractivity contribution in [1.82, 2.24) is 4.72 Å². The summed E-state index contributed by atoms with van der Waals surface area (Å²) in [5.41, 5.74) is 0. The van der Waals surface area contributed by atoms with Crippen LogP contribution in [0.2, 0.25) is 5.02 Å². The number of methoxy groups -OCH3 is 1. The summed E-state index contributed by atoms with van der Waals surface area (Å²) < 4.78 is 30.7. The average Bonchev–Trinajstić information content (AvgIpc) is 2.36. The summed E-state index contributed by atoms with van der Waals surface area (Å²) in [5, 5.41) is 17.4. The van der Waals surface area contributed by atoms with Crippen molar-refractivity contribution in [2.45, 2.75) is 17.4 Å². The highest BCUT2D eigenvalue weighted by molar-refractivity contribution is 7.89. The maximum absolute atomic E-state index is 12.0. The van der Waals surface area contributed by atoms with E-state index < -0.39 is 34.4 Å². The summed E-state index contributed by atoms with van der Waals surface area (Å²) in [4.78, 5) is 21.1. The molecule has 0 aromatic heterocycles. The van der Waals surface area contributed by atoms with E-state index in [9.17, 15) is 18.0 Å². The SMILES string of the molecule is COc1ccc(S(=O)(=O)N[C@H](CC(=O)O)C(=O)O)cc1Cl. The molecule has 0 spiro atoms. The number of halogens is 1. The summed E-state index contributed by atoms with van der Waals surface area (Å²) >= 11 is 5.79. The Morgan fingerprint density at radius 2 is 2.00 bits per heavy atom. The molecule has 8 nitrogen and oxygen atoms in total. The molecule has 3 N–H and O–H groups in total. The first-order valence-electron chi connectivity index (χ1n) is 5.48. The van der Waals surface area contributed by atoms with Crippen LogP contribution >= 0.6 is 11.6 Å². The first kappa shape index (κ1) is 17.2. The highest BCUT2D eigenvalue weighted by atomic mass is 35.5. The zero-order valence-electron chi connectivity index (χ0n) is 10.7. The zero-order valence-corrected chi connectivity index (χ0v) is 12.3. The second-order valence-electron chi connectivity index (χ2n) is 3.91. The molecule has 1 rings (SSSR count). The Balaban J connectivity index is 3.07. The molecule has 21 heavy (non-hydrogen) atoms. The first-order chi connectivity index (χ1) is 9.67. The van der Waals surface area contributed by atoms with Gasteiger partial charge in [0.05, 0.1) is 23.4 Å². The number of hydrogen-bond acceptors (Lipinski definition) is 5. The molecule has 0 bridgehead atoms. The van der Waals surface area contributed by atoms with E-state index in [1.54, 1.807) is 4.72 Å². The zero-order chi connectivity index (χ0) is 16.2. The highest BCUT2D eigenvalue weighted by Gasteiger charge is 2.28. The molecule has 10 heteroatoms. The van der Waals surface area contributed by atoms with Crippen molar-refractivity contribution in [3.63, 3.8) is 0 Å². The minimum Gasteiger partial charge on any atom is -0.495 e. The van der Waals surface area contributed by atoms with Gasteiger partial charge in [0.25, 0.3) is 0 Å². The van der Waals surface area contributed by atoms with E-state index in [-0.39, 0.29) is 15.7 Å². The molecule has 0 heterocycles. The number of aliphatic carboxylic acids is 2. The monoisotopic (exact) mass is 337 g/mol. The van der Waals surface area contributed by atoms with Crippen LogP contribution in [0.1, 0.15) is 6.42 Å². The van der Waals surface area contributed by atoms with Crippen molar-refractivity contribution in [3.05, 3.63) is 23.2 Å². The van der Waals surface area contributed by atoms with Gasteiger partial charge in [-0.2, -0.15) is 4.72 Å². The Labute approximate surface area is 125 Å². The number of sulfonamides is 1. The van der Waals surface area contributed by atoms with E-state index in [1.807, 2.05) is 0 Å². The Bertz CT molecular complexity index is 659. The molecule has 1 atom stereocenters. The van der Waals surface area contributed by atoms with Gasteiger partial charge < -0.3 is 14.9 Å². The number of carboxylic acids is 2. The standard InChI is InChI=1S/C11H12ClNO7S/c1-20-9-3-2-6(4-7(9)12)21(18,19)13-8(11(16)17)5-10(14)15/h2-4,8,13H,5H2,1H3,(H,14,15)(H,16,17)/t8-/m1/s1. The van der Waals surface area contributed by atoms with E-state index in [0.717, 1.165) is 12.1 Å². The molecule has 0 aliphatic heterocycles. The van der Waals surface area contributed by atoms with Crippen molar-refractivity contribution in [2.24, 2.45) is 0 Å². The van der Waals surface area contributed by atoms with Crippen LogP contribution < -0.4 is 9.46 Å². The van der Waals surface area contributed by atoms with Gasteiger partial charge in [-0.05, 0) is 18.2 Å². The number of benzene rings is 1. The summed E-state index contributed by atoms with van der Waals surface area (Å²) in [5.74, 6) is -2.80. The fraction of sp³-hybridized carbons (Fsp3) is 0.273. The minimum absolute atomic E-state index is 0.0190. The van der Waals surface area contributed by atoms with E-state index in [1.165, 1.54) is 13.2 Å². The quantitative estimate of drug-likeness (QED) is 0.662. The Kier molecular flexibility index (Phi) is 5.53. The van der Waals surface area contributed by atoms with Crippen molar-refractivity contribution in [1.29, 1.82) is 0 Å². The van der Waals surface area contributed by atoms with Crippen LogP contribution in [-0.2, 0) is 19.6 Å². The van der Waals surface area contributed by atoms with Gasteiger partial charge in [0, 0.05) is 0 Å². The molecular formula is C11H12ClNO7S. The van der Waals surface area contributed by atoms with Crippen molar-refractivity contribution in [2.75, 3.05) is 7.11 Å². The van der Waals surface area contributed by atoms with Gasteiger partial charge in [0.2, 0.25) is 10.0 Å². The van der Waals surface area contributed by atoms with Crippen LogP contribution in [0.5, 0.6) is 5.75 Å². The molecule has 1 aromatic carbocycles. The lowest BCUT2D eigenvalue weighted by molar-refractivity contribution is -0.145. The largest absolute Gasteiger partial charge is 0.495 e. The summed E-state index contributed by atoms with van der Waals surface area (Å²) in [6, 6.07) is 1.74. The Morgan fingerprint density at radius 1 is 1.38 bits per heavy atom. The minimum atomic E-state index is -4.23. The molecule has 116 valence electrons. The topological polar surface area (TPSA) is 130 Å². The molecular weight excluding hydrogens is 326 g/mol. The van der Waals surface area contributed by atoms with Crippen LogP contribution in [0.4, 0.5) is 0 Å². The summed E-state index contributed by atoms with van der Waals surface area (Å²) in [6.45, 7) is 0. The fourth-order valence-electron chi connectivity index (χ4n) is 1.42. The third-order valence-corrected chi connectivity index (χ3v) is 4.17. The van der Waals surface area contributed by atoms with Gasteiger partial charge in [0.15, 0.2) is 0 Å². The maximum atomic E-state index is 12.0. The lowest BCUT2D eigenvalue weighted by Crippen LogP contribution is -2.42. The Hall–Kier alpha value is -1.84. The van der Waals surface area contributed by atoms with Gasteiger partial charge in [-0.25, -0.2) is 8.42 Å². The average molecular weight is 338 g/mol. The van der Waals surface area contributed by atoms with Crippen LogP contribution in [0.25, 0.3) is 0 Å². The number of nitrogens with one attached hydrogen (secondary N) is 1. The molecule has 1 aromatic rings. The van der Waals surface area contributed by atoms with Crippen molar-refractivity contribution < 1.29 is 33.0 Å². The van der Waals surface area contributed by atoms with Gasteiger partial charge in [-0.1, -0.05) is 11.6 Å². The van der Waals surface area contributed by atoms with E-state index in [4.69, 9.17) is 26.6 Å². The molecule has 0 unspecified atom stereocenters. The number of carbonyl (C=O) groups is 2. The normalized spacial score (nSPS) is 12.7. The van der Waals surface area contributed by atoms with Crippen LogP contribution in [0.15, 0.2) is 23.1 Å². The van der Waals surface area contributed by atoms with E-state index in [2.05, 4.69) is 0 Å². The van der Waals surface area contributed by atoms with Crippen LogP contribution in [0, 0.1) is 0 Å². The third kappa shape index (κ3) is 4.59. The number of carboxylic acid groups (broad SMARTS) is 2. The Morgan fingerprint density at radius 3 is 2.43 bits per heavy atom. The molecule has 0 fully saturated rings. The van der Waals surface area contributed by atoms with Gasteiger partial charge in [-0.15, -0.1) is 0 Å². The lowest BCUT2D eigenvalue weighted by Gasteiger charge is -2.13. The molecule has 0 amide bonds. The number of hydrogen-bond donors (Lipinski definition) is 3. The first-order valence-corrected chi connectivity index (χ1v) is 7.34. The number of ether oxygens (including phenoxy) is 1. The second kappa shape index (κ2) is 6.74. The molecule has 0 aliphatic rings. The van der Waals surface area contributed by atoms with Crippen molar-refractivity contribution in [3.8, 4) is 5.75 Å². The summed E-state index contributed by atoms with van der Waals surface area (Å²) in [6.07, 6.45) is -0.890. The molecule has 0 saturated heterocycles. The highest BCUT2D eigenvalue weighted by Crippen LogP contribution is 2.26. The third-order valence-electron chi connectivity index (χ3n) is 2.41. The van der Waals surface area contributed by atoms with E-state index in [0.29, 0.717) is 0 Å². The van der Waals surface area contributed by atoms with E-state index >= 15 is 0 Å². The van der Waals surface area contributed by atoms with Gasteiger partial charge >= 0.3 is 11.9 Å². The predicted octanol–water partition coefficient (Wildman–Crippen LogP) is 0.555.